The lowest BCUT2D eigenvalue weighted by atomic mass is 9.83. The number of carbonyl (C=O) groups is 1. The number of nitrogens with zero attached hydrogens (tertiary/aromatic N) is 4. The van der Waals surface area contributed by atoms with Gasteiger partial charge in [0.2, 0.25) is 0 Å². The minimum Gasteiger partial charge on any atom is -0.481 e. The Morgan fingerprint density at radius 1 is 1.00 bits per heavy atom. The Morgan fingerprint density at radius 3 is 2.43 bits per heavy atom. The second-order valence-electron chi connectivity index (χ2n) is 10.1. The maximum absolute atomic E-state index is 13.8. The third kappa shape index (κ3) is 5.10. The summed E-state index contributed by atoms with van der Waals surface area (Å²) in [4.78, 5) is 27.2. The standard InChI is InChI=1S/C28H34N4O3/c1-30-17-15-21-10-13-25(19-23(21)16-18-30)32-28(35)31(27(29-32)22-5-3-2-4-6-22)24-11-7-20(8-12-24)9-14-26(33)34/h2-6,10,13,19-20,24H,7-9,11-12,14-18H2,1H3,(H,33,34). The van der Waals surface area contributed by atoms with Crippen LogP contribution in [0.5, 0.6) is 0 Å². The van der Waals surface area contributed by atoms with Crippen LogP contribution in [0.2, 0.25) is 0 Å². The third-order valence-corrected chi connectivity index (χ3v) is 7.75. The van der Waals surface area contributed by atoms with Crippen LogP contribution >= 0.6 is 0 Å². The van der Waals surface area contributed by atoms with Crippen molar-refractivity contribution >= 4 is 5.97 Å². The molecule has 2 heterocycles. The third-order valence-electron chi connectivity index (χ3n) is 7.75. The van der Waals surface area contributed by atoms with Crippen molar-refractivity contribution < 1.29 is 9.90 Å². The quantitative estimate of drug-likeness (QED) is 0.575. The summed E-state index contributed by atoms with van der Waals surface area (Å²) in [6.07, 6.45) is 6.55. The number of hydrogen-bond acceptors (Lipinski definition) is 4. The summed E-state index contributed by atoms with van der Waals surface area (Å²) in [6, 6.07) is 16.3. The van der Waals surface area contributed by atoms with Crippen LogP contribution in [0.25, 0.3) is 17.1 Å². The van der Waals surface area contributed by atoms with Crippen molar-refractivity contribution in [2.75, 3.05) is 20.1 Å². The summed E-state index contributed by atoms with van der Waals surface area (Å²) < 4.78 is 3.47. The van der Waals surface area contributed by atoms with E-state index in [1.165, 1.54) is 11.1 Å². The molecule has 2 aliphatic rings. The number of hydrogen-bond donors (Lipinski definition) is 1. The molecular weight excluding hydrogens is 440 g/mol. The van der Waals surface area contributed by atoms with Crippen LogP contribution in [0.4, 0.5) is 0 Å². The molecular formula is C28H34N4O3. The average Bonchev–Trinajstić information content (AvgIpc) is 3.11. The molecule has 0 amide bonds. The summed E-state index contributed by atoms with van der Waals surface area (Å²) in [5.41, 5.74) is 4.32. The lowest BCUT2D eigenvalue weighted by Gasteiger charge is -2.29. The van der Waals surface area contributed by atoms with Crippen molar-refractivity contribution in [1.82, 2.24) is 19.2 Å². The van der Waals surface area contributed by atoms with Gasteiger partial charge in [-0.1, -0.05) is 36.4 Å². The van der Waals surface area contributed by atoms with Gasteiger partial charge in [-0.15, -0.1) is 5.10 Å². The van der Waals surface area contributed by atoms with E-state index in [4.69, 9.17) is 10.2 Å². The number of rotatable bonds is 6. The van der Waals surface area contributed by atoms with Gasteiger partial charge in [0.1, 0.15) is 0 Å². The van der Waals surface area contributed by atoms with Crippen LogP contribution in [0, 0.1) is 5.92 Å². The van der Waals surface area contributed by atoms with Crippen LogP contribution in [0.1, 0.15) is 55.7 Å². The highest BCUT2D eigenvalue weighted by Crippen LogP contribution is 2.36. The zero-order valence-corrected chi connectivity index (χ0v) is 20.4. The summed E-state index contributed by atoms with van der Waals surface area (Å²) in [7, 11) is 2.15. The van der Waals surface area contributed by atoms with Crippen molar-refractivity contribution in [3.05, 3.63) is 70.1 Å². The Hall–Kier alpha value is -3.19. The fraction of sp³-hybridized carbons (Fsp3) is 0.464. The van der Waals surface area contributed by atoms with Gasteiger partial charge >= 0.3 is 11.7 Å². The molecule has 0 spiro atoms. The minimum absolute atomic E-state index is 0.0713. The molecule has 1 saturated carbocycles. The molecule has 1 aromatic heterocycles. The second kappa shape index (κ2) is 10.2. The zero-order chi connectivity index (χ0) is 24.4. The van der Waals surface area contributed by atoms with Gasteiger partial charge < -0.3 is 10.0 Å². The Kier molecular flexibility index (Phi) is 6.86. The van der Waals surface area contributed by atoms with Crippen molar-refractivity contribution in [2.24, 2.45) is 5.92 Å². The van der Waals surface area contributed by atoms with Crippen LogP contribution in [-0.2, 0) is 17.6 Å². The number of carboxylic acid groups (broad SMARTS) is 1. The highest BCUT2D eigenvalue weighted by molar-refractivity contribution is 5.66. The fourth-order valence-electron chi connectivity index (χ4n) is 5.63. The van der Waals surface area contributed by atoms with Gasteiger partial charge in [-0.3, -0.25) is 9.36 Å². The van der Waals surface area contributed by atoms with Crippen LogP contribution in [0.15, 0.2) is 53.3 Å². The molecule has 1 aliphatic heterocycles. The number of benzene rings is 2. The summed E-state index contributed by atoms with van der Waals surface area (Å²) in [5.74, 6) is 0.388. The molecule has 0 saturated heterocycles. The topological polar surface area (TPSA) is 80.4 Å². The van der Waals surface area contributed by atoms with E-state index in [0.717, 1.165) is 62.9 Å². The van der Waals surface area contributed by atoms with Gasteiger partial charge in [0.25, 0.3) is 0 Å². The molecule has 0 bridgehead atoms. The molecule has 0 radical (unpaired) electrons. The number of aromatic nitrogens is 3. The molecule has 3 aromatic rings. The molecule has 7 nitrogen and oxygen atoms in total. The zero-order valence-electron chi connectivity index (χ0n) is 20.4. The van der Waals surface area contributed by atoms with Crippen molar-refractivity contribution in [3.8, 4) is 17.1 Å². The fourth-order valence-corrected chi connectivity index (χ4v) is 5.63. The first-order valence-electron chi connectivity index (χ1n) is 12.8. The molecule has 1 aliphatic carbocycles. The predicted molar refractivity (Wildman–Crippen MR) is 136 cm³/mol. The van der Waals surface area contributed by atoms with Gasteiger partial charge in [0.05, 0.1) is 5.69 Å². The Balaban J connectivity index is 1.49. The molecule has 2 aromatic carbocycles. The van der Waals surface area contributed by atoms with Gasteiger partial charge in [0.15, 0.2) is 5.82 Å². The number of carboxylic acids is 1. The van der Waals surface area contributed by atoms with Gasteiger partial charge in [-0.05, 0) is 81.2 Å². The van der Waals surface area contributed by atoms with E-state index in [-0.39, 0.29) is 18.2 Å². The first-order valence-corrected chi connectivity index (χ1v) is 12.8. The maximum atomic E-state index is 13.8. The average molecular weight is 475 g/mol. The summed E-state index contributed by atoms with van der Waals surface area (Å²) in [5, 5.41) is 13.9. The number of fused-ring (bicyclic) bond motifs is 1. The highest BCUT2D eigenvalue weighted by atomic mass is 16.4. The predicted octanol–water partition coefficient (Wildman–Crippen LogP) is 4.33. The first kappa shape index (κ1) is 23.5. The van der Waals surface area contributed by atoms with Crippen LogP contribution < -0.4 is 5.69 Å². The van der Waals surface area contributed by atoms with E-state index < -0.39 is 5.97 Å². The van der Waals surface area contributed by atoms with E-state index in [0.29, 0.717) is 18.2 Å². The SMILES string of the molecule is CN1CCc2ccc(-n3nc(-c4ccccc4)n(C4CCC(CCC(=O)O)CC4)c3=O)cc2CC1. The van der Waals surface area contributed by atoms with Crippen LogP contribution in [-0.4, -0.2) is 50.5 Å². The van der Waals surface area contributed by atoms with E-state index in [9.17, 15) is 9.59 Å². The highest BCUT2D eigenvalue weighted by Gasteiger charge is 2.28. The first-order chi connectivity index (χ1) is 17.0. The molecule has 0 atom stereocenters. The van der Waals surface area contributed by atoms with Gasteiger partial charge in [0, 0.05) is 31.1 Å². The normalized spacial score (nSPS) is 20.8. The molecule has 1 N–H and O–H groups in total. The monoisotopic (exact) mass is 474 g/mol. The maximum Gasteiger partial charge on any atom is 0.351 e. The van der Waals surface area contributed by atoms with Crippen molar-refractivity contribution in [1.29, 1.82) is 0 Å². The smallest absolute Gasteiger partial charge is 0.351 e. The van der Waals surface area contributed by atoms with E-state index in [1.54, 1.807) is 4.68 Å². The summed E-state index contributed by atoms with van der Waals surface area (Å²) >= 11 is 0. The summed E-state index contributed by atoms with van der Waals surface area (Å²) in [6.45, 7) is 2.06. The van der Waals surface area contributed by atoms with E-state index in [2.05, 4.69) is 24.1 Å². The molecule has 1 fully saturated rings. The van der Waals surface area contributed by atoms with Crippen molar-refractivity contribution in [2.45, 2.75) is 57.4 Å². The Labute approximate surface area is 206 Å². The number of likely N-dealkylation sites (N-methyl/N-ethyl adjacent to an activating group) is 1. The lowest BCUT2D eigenvalue weighted by molar-refractivity contribution is -0.137. The number of aliphatic carboxylic acids is 1. The van der Waals surface area contributed by atoms with E-state index >= 15 is 0 Å². The Bertz CT molecular complexity index is 1240. The van der Waals surface area contributed by atoms with Gasteiger partial charge in [-0.25, -0.2) is 4.79 Å². The largest absolute Gasteiger partial charge is 0.481 e. The van der Waals surface area contributed by atoms with E-state index in [1.807, 2.05) is 41.0 Å². The van der Waals surface area contributed by atoms with Crippen molar-refractivity contribution in [3.63, 3.8) is 0 Å². The minimum atomic E-state index is -0.733. The van der Waals surface area contributed by atoms with Crippen LogP contribution in [0.3, 0.4) is 0 Å². The van der Waals surface area contributed by atoms with Gasteiger partial charge in [-0.2, -0.15) is 4.68 Å². The Morgan fingerprint density at radius 2 is 1.71 bits per heavy atom. The lowest BCUT2D eigenvalue weighted by Crippen LogP contribution is -2.30. The molecule has 5 rings (SSSR count). The second-order valence-corrected chi connectivity index (χ2v) is 10.1. The molecule has 35 heavy (non-hydrogen) atoms. The molecule has 7 heteroatoms. The molecule has 0 unspecified atom stereocenters. The molecule has 184 valence electrons.